The van der Waals surface area contributed by atoms with Crippen LogP contribution in [0.2, 0.25) is 0 Å². The number of hydrogen-bond acceptors (Lipinski definition) is 2. The molecule has 4 heteroatoms. The fourth-order valence-corrected chi connectivity index (χ4v) is 1.48. The topological polar surface area (TPSA) is 57.8 Å². The summed E-state index contributed by atoms with van der Waals surface area (Å²) in [6.45, 7) is 1.95. The molecule has 82 valence electrons. The minimum absolute atomic E-state index is 0.0167. The van der Waals surface area contributed by atoms with Crippen molar-refractivity contribution in [3.05, 3.63) is 54.1 Å². The number of H-pyrrole nitrogens is 1. The number of amides is 1. The Balaban J connectivity index is 2.03. The van der Waals surface area contributed by atoms with Gasteiger partial charge in [-0.1, -0.05) is 30.3 Å². The van der Waals surface area contributed by atoms with Gasteiger partial charge in [-0.15, -0.1) is 0 Å². The van der Waals surface area contributed by atoms with Gasteiger partial charge in [0.05, 0.1) is 18.6 Å². The number of aromatic amines is 1. The SMILES string of the molecule is C[C@@H](NC(=O)c1cnc[nH]1)c1ccccc1. The quantitative estimate of drug-likeness (QED) is 0.821. The average molecular weight is 215 g/mol. The van der Waals surface area contributed by atoms with Gasteiger partial charge in [-0.25, -0.2) is 4.98 Å². The van der Waals surface area contributed by atoms with E-state index in [1.165, 1.54) is 12.5 Å². The van der Waals surface area contributed by atoms with E-state index >= 15 is 0 Å². The minimum Gasteiger partial charge on any atom is -0.344 e. The lowest BCUT2D eigenvalue weighted by Gasteiger charge is -2.13. The smallest absolute Gasteiger partial charge is 0.269 e. The summed E-state index contributed by atoms with van der Waals surface area (Å²) in [6, 6.07) is 9.81. The number of imidazole rings is 1. The second-order valence-electron chi connectivity index (χ2n) is 3.57. The van der Waals surface area contributed by atoms with Gasteiger partial charge in [-0.3, -0.25) is 4.79 Å². The van der Waals surface area contributed by atoms with Crippen LogP contribution in [0.25, 0.3) is 0 Å². The number of aromatic nitrogens is 2. The Bertz CT molecular complexity index is 450. The summed E-state index contributed by atoms with van der Waals surface area (Å²) in [4.78, 5) is 18.3. The molecule has 0 aliphatic rings. The monoisotopic (exact) mass is 215 g/mol. The number of hydrogen-bond donors (Lipinski definition) is 2. The molecule has 4 nitrogen and oxygen atoms in total. The molecule has 2 rings (SSSR count). The van der Waals surface area contributed by atoms with Gasteiger partial charge < -0.3 is 10.3 Å². The number of carbonyl (C=O) groups excluding carboxylic acids is 1. The van der Waals surface area contributed by atoms with Crippen LogP contribution in [0.3, 0.4) is 0 Å². The van der Waals surface area contributed by atoms with Crippen LogP contribution in [0.1, 0.15) is 29.0 Å². The maximum Gasteiger partial charge on any atom is 0.269 e. The van der Waals surface area contributed by atoms with E-state index in [-0.39, 0.29) is 11.9 Å². The summed E-state index contributed by atoms with van der Waals surface area (Å²) in [5.41, 5.74) is 1.55. The van der Waals surface area contributed by atoms with E-state index in [0.717, 1.165) is 5.56 Å². The normalized spacial score (nSPS) is 12.1. The summed E-state index contributed by atoms with van der Waals surface area (Å²) in [6.07, 6.45) is 3.00. The van der Waals surface area contributed by atoms with Crippen molar-refractivity contribution in [1.29, 1.82) is 0 Å². The van der Waals surface area contributed by atoms with E-state index < -0.39 is 0 Å². The Morgan fingerprint density at radius 3 is 2.75 bits per heavy atom. The van der Waals surface area contributed by atoms with E-state index in [1.54, 1.807) is 0 Å². The standard InChI is InChI=1S/C12H13N3O/c1-9(10-5-3-2-4-6-10)15-12(16)11-7-13-8-14-11/h2-9H,1H3,(H,13,14)(H,15,16)/t9-/m1/s1. The number of nitrogens with one attached hydrogen (secondary N) is 2. The fraction of sp³-hybridized carbons (Fsp3) is 0.167. The van der Waals surface area contributed by atoms with Crippen LogP contribution < -0.4 is 5.32 Å². The van der Waals surface area contributed by atoms with Gasteiger partial charge in [0.15, 0.2) is 0 Å². The highest BCUT2D eigenvalue weighted by Gasteiger charge is 2.11. The summed E-state index contributed by atoms with van der Waals surface area (Å²) in [5, 5.41) is 2.89. The molecule has 0 saturated heterocycles. The molecule has 0 bridgehead atoms. The zero-order valence-corrected chi connectivity index (χ0v) is 8.97. The van der Waals surface area contributed by atoms with Crippen molar-refractivity contribution in [2.24, 2.45) is 0 Å². The van der Waals surface area contributed by atoms with E-state index in [0.29, 0.717) is 5.69 Å². The molecular weight excluding hydrogens is 202 g/mol. The predicted molar refractivity (Wildman–Crippen MR) is 60.9 cm³/mol. The van der Waals surface area contributed by atoms with Crippen molar-refractivity contribution < 1.29 is 4.79 Å². The average Bonchev–Trinajstić information content (AvgIpc) is 2.83. The molecule has 0 radical (unpaired) electrons. The first-order valence-corrected chi connectivity index (χ1v) is 5.11. The lowest BCUT2D eigenvalue weighted by molar-refractivity contribution is 0.0935. The van der Waals surface area contributed by atoms with Crippen LogP contribution in [-0.2, 0) is 0 Å². The molecule has 0 aliphatic carbocycles. The second-order valence-corrected chi connectivity index (χ2v) is 3.57. The largest absolute Gasteiger partial charge is 0.344 e. The van der Waals surface area contributed by atoms with Gasteiger partial charge >= 0.3 is 0 Å². The third-order valence-electron chi connectivity index (χ3n) is 2.39. The van der Waals surface area contributed by atoms with Crippen molar-refractivity contribution in [2.45, 2.75) is 13.0 Å². The van der Waals surface area contributed by atoms with Gasteiger partial charge in [0.1, 0.15) is 5.69 Å². The molecule has 0 aliphatic heterocycles. The Labute approximate surface area is 93.7 Å². The van der Waals surface area contributed by atoms with Gasteiger partial charge in [0, 0.05) is 0 Å². The number of carbonyl (C=O) groups is 1. The number of nitrogens with zero attached hydrogens (tertiary/aromatic N) is 1. The first-order chi connectivity index (χ1) is 7.77. The molecule has 2 N–H and O–H groups in total. The van der Waals surface area contributed by atoms with Crippen LogP contribution in [0, 0.1) is 0 Å². The molecule has 0 saturated carbocycles. The first kappa shape index (κ1) is 10.4. The summed E-state index contributed by atoms with van der Waals surface area (Å²) >= 11 is 0. The molecule has 1 aromatic heterocycles. The van der Waals surface area contributed by atoms with Crippen LogP contribution in [-0.4, -0.2) is 15.9 Å². The molecule has 1 aromatic carbocycles. The van der Waals surface area contributed by atoms with E-state index in [1.807, 2.05) is 37.3 Å². The van der Waals surface area contributed by atoms with E-state index in [9.17, 15) is 4.79 Å². The first-order valence-electron chi connectivity index (χ1n) is 5.11. The lowest BCUT2D eigenvalue weighted by atomic mass is 10.1. The Hall–Kier alpha value is -2.10. The van der Waals surface area contributed by atoms with Gasteiger partial charge in [-0.2, -0.15) is 0 Å². The molecule has 2 aromatic rings. The third kappa shape index (κ3) is 2.28. The van der Waals surface area contributed by atoms with Gasteiger partial charge in [-0.05, 0) is 12.5 Å². The molecule has 0 spiro atoms. The van der Waals surface area contributed by atoms with Gasteiger partial charge in [0.25, 0.3) is 5.91 Å². The lowest BCUT2D eigenvalue weighted by Crippen LogP contribution is -2.26. The summed E-state index contributed by atoms with van der Waals surface area (Å²) in [7, 11) is 0. The molecule has 0 unspecified atom stereocenters. The van der Waals surface area contributed by atoms with Crippen LogP contribution in [0.4, 0.5) is 0 Å². The van der Waals surface area contributed by atoms with E-state index in [4.69, 9.17) is 0 Å². The van der Waals surface area contributed by atoms with E-state index in [2.05, 4.69) is 15.3 Å². The maximum absolute atomic E-state index is 11.7. The third-order valence-corrected chi connectivity index (χ3v) is 2.39. The maximum atomic E-state index is 11.7. The highest BCUT2D eigenvalue weighted by atomic mass is 16.1. The predicted octanol–water partition coefficient (Wildman–Crippen LogP) is 1.90. The fourth-order valence-electron chi connectivity index (χ4n) is 1.48. The zero-order chi connectivity index (χ0) is 11.4. The van der Waals surface area contributed by atoms with Crippen LogP contribution in [0.15, 0.2) is 42.9 Å². The molecular formula is C12H13N3O. The van der Waals surface area contributed by atoms with Crippen LogP contribution in [0.5, 0.6) is 0 Å². The molecule has 1 heterocycles. The van der Waals surface area contributed by atoms with Gasteiger partial charge in [0.2, 0.25) is 0 Å². The Morgan fingerprint density at radius 1 is 1.38 bits per heavy atom. The zero-order valence-electron chi connectivity index (χ0n) is 8.97. The highest BCUT2D eigenvalue weighted by molar-refractivity contribution is 5.92. The molecule has 16 heavy (non-hydrogen) atoms. The van der Waals surface area contributed by atoms with Crippen molar-refractivity contribution >= 4 is 5.91 Å². The summed E-state index contributed by atoms with van der Waals surface area (Å²) < 4.78 is 0. The Kier molecular flexibility index (Phi) is 3.00. The van der Waals surface area contributed by atoms with Crippen molar-refractivity contribution in [3.63, 3.8) is 0 Å². The number of benzene rings is 1. The van der Waals surface area contributed by atoms with Crippen molar-refractivity contribution in [1.82, 2.24) is 15.3 Å². The number of rotatable bonds is 3. The van der Waals surface area contributed by atoms with Crippen molar-refractivity contribution in [3.8, 4) is 0 Å². The minimum atomic E-state index is -0.145. The van der Waals surface area contributed by atoms with Crippen LogP contribution >= 0.6 is 0 Å². The second kappa shape index (κ2) is 4.61. The van der Waals surface area contributed by atoms with Crippen molar-refractivity contribution in [2.75, 3.05) is 0 Å². The molecule has 0 fully saturated rings. The molecule has 1 amide bonds. The molecule has 1 atom stereocenters. The Morgan fingerprint density at radius 2 is 2.12 bits per heavy atom. The summed E-state index contributed by atoms with van der Waals surface area (Å²) in [5.74, 6) is -0.145. The highest BCUT2D eigenvalue weighted by Crippen LogP contribution is 2.11.